The van der Waals surface area contributed by atoms with E-state index in [4.69, 9.17) is 5.73 Å². The van der Waals surface area contributed by atoms with Crippen molar-refractivity contribution in [3.63, 3.8) is 0 Å². The topological polar surface area (TPSA) is 56.7 Å². The average Bonchev–Trinajstić information content (AvgIpc) is 3.18. The van der Waals surface area contributed by atoms with Gasteiger partial charge >= 0.3 is 12.4 Å². The van der Waals surface area contributed by atoms with E-state index in [1.807, 2.05) is 6.92 Å². The molecule has 0 aliphatic carbocycles. The van der Waals surface area contributed by atoms with E-state index in [0.717, 1.165) is 4.88 Å². The van der Waals surface area contributed by atoms with E-state index in [1.54, 1.807) is 11.4 Å². The lowest BCUT2D eigenvalue weighted by atomic mass is 10.0. The minimum atomic E-state index is -4.95. The highest BCUT2D eigenvalue weighted by Crippen LogP contribution is 2.39. The molecule has 0 aliphatic rings. The Labute approximate surface area is 153 Å². The SMILES string of the molecule is CCc1sccc1-n1nnc(-c2cc(C(F)(F)F)cc(C(F)(F)F)c2)c1N. The van der Waals surface area contributed by atoms with Gasteiger partial charge in [0.25, 0.3) is 0 Å². The third kappa shape index (κ3) is 3.64. The number of aromatic nitrogens is 3. The summed E-state index contributed by atoms with van der Waals surface area (Å²) in [5, 5.41) is 9.31. The Kier molecular flexibility index (Phi) is 4.66. The molecule has 3 aromatic rings. The zero-order chi connectivity index (χ0) is 20.0. The third-order valence-electron chi connectivity index (χ3n) is 3.84. The second-order valence-electron chi connectivity index (χ2n) is 5.61. The van der Waals surface area contributed by atoms with Gasteiger partial charge in [0.15, 0.2) is 5.82 Å². The van der Waals surface area contributed by atoms with Gasteiger partial charge in [-0.3, -0.25) is 0 Å². The molecular weight excluding hydrogens is 394 g/mol. The number of nitrogen functional groups attached to an aromatic ring is 1. The number of nitrogens with zero attached hydrogens (tertiary/aromatic N) is 3. The molecule has 27 heavy (non-hydrogen) atoms. The van der Waals surface area contributed by atoms with Crippen LogP contribution < -0.4 is 5.73 Å². The van der Waals surface area contributed by atoms with Crippen molar-refractivity contribution in [3.8, 4) is 16.9 Å². The molecule has 4 nitrogen and oxygen atoms in total. The number of halogens is 6. The van der Waals surface area contributed by atoms with Crippen molar-refractivity contribution in [1.82, 2.24) is 15.0 Å². The molecule has 11 heteroatoms. The van der Waals surface area contributed by atoms with Gasteiger partial charge in [0, 0.05) is 10.4 Å². The molecule has 0 unspecified atom stereocenters. The Hall–Kier alpha value is -2.56. The lowest BCUT2D eigenvalue weighted by Gasteiger charge is -2.13. The Morgan fingerprint density at radius 3 is 2.15 bits per heavy atom. The predicted molar refractivity (Wildman–Crippen MR) is 88.5 cm³/mol. The van der Waals surface area contributed by atoms with Crippen LogP contribution in [0, 0.1) is 0 Å². The van der Waals surface area contributed by atoms with Crippen molar-refractivity contribution in [2.24, 2.45) is 0 Å². The van der Waals surface area contributed by atoms with E-state index in [2.05, 4.69) is 10.3 Å². The van der Waals surface area contributed by atoms with Gasteiger partial charge in [0.2, 0.25) is 0 Å². The average molecular weight is 406 g/mol. The van der Waals surface area contributed by atoms with Crippen LogP contribution in [-0.2, 0) is 18.8 Å². The molecule has 0 amide bonds. The van der Waals surface area contributed by atoms with Crippen LogP contribution in [0.5, 0.6) is 0 Å². The summed E-state index contributed by atoms with van der Waals surface area (Å²) in [7, 11) is 0. The van der Waals surface area contributed by atoms with Crippen LogP contribution in [0.2, 0.25) is 0 Å². The van der Waals surface area contributed by atoms with E-state index < -0.39 is 29.0 Å². The minimum Gasteiger partial charge on any atom is -0.382 e. The van der Waals surface area contributed by atoms with Crippen LogP contribution in [0.25, 0.3) is 16.9 Å². The van der Waals surface area contributed by atoms with Crippen LogP contribution in [0.1, 0.15) is 22.9 Å². The first kappa shape index (κ1) is 19.2. The largest absolute Gasteiger partial charge is 0.416 e. The van der Waals surface area contributed by atoms with Gasteiger partial charge < -0.3 is 5.73 Å². The van der Waals surface area contributed by atoms with E-state index in [-0.39, 0.29) is 17.6 Å². The summed E-state index contributed by atoms with van der Waals surface area (Å²) in [6.45, 7) is 1.89. The number of anilines is 1. The lowest BCUT2D eigenvalue weighted by Crippen LogP contribution is -2.11. The summed E-state index contributed by atoms with van der Waals surface area (Å²) in [6.07, 6.45) is -9.25. The van der Waals surface area contributed by atoms with Crippen molar-refractivity contribution < 1.29 is 26.3 Å². The highest BCUT2D eigenvalue weighted by molar-refractivity contribution is 7.10. The normalized spacial score (nSPS) is 12.6. The molecule has 0 atom stereocenters. The van der Waals surface area contributed by atoms with Gasteiger partial charge in [-0.25, -0.2) is 0 Å². The van der Waals surface area contributed by atoms with Crippen LogP contribution in [0.3, 0.4) is 0 Å². The van der Waals surface area contributed by atoms with Crippen molar-refractivity contribution in [3.05, 3.63) is 45.6 Å². The Morgan fingerprint density at radius 2 is 1.63 bits per heavy atom. The lowest BCUT2D eigenvalue weighted by molar-refractivity contribution is -0.143. The molecule has 2 heterocycles. The second kappa shape index (κ2) is 6.55. The summed E-state index contributed by atoms with van der Waals surface area (Å²) in [5.74, 6) is -0.143. The zero-order valence-corrected chi connectivity index (χ0v) is 14.5. The second-order valence-corrected chi connectivity index (χ2v) is 6.61. The van der Waals surface area contributed by atoms with E-state index >= 15 is 0 Å². The summed E-state index contributed by atoms with van der Waals surface area (Å²) < 4.78 is 79.5. The number of benzene rings is 1. The number of alkyl halides is 6. The number of aryl methyl sites for hydroxylation is 1. The molecule has 0 saturated heterocycles. The van der Waals surface area contributed by atoms with Crippen LogP contribution in [0.15, 0.2) is 29.6 Å². The number of thiophene rings is 1. The monoisotopic (exact) mass is 406 g/mol. The first-order chi connectivity index (χ1) is 12.5. The number of nitrogens with two attached hydrogens (primary N) is 1. The quantitative estimate of drug-likeness (QED) is 0.610. The van der Waals surface area contributed by atoms with E-state index in [1.165, 1.54) is 16.0 Å². The fourth-order valence-corrected chi connectivity index (χ4v) is 3.35. The van der Waals surface area contributed by atoms with Crippen molar-refractivity contribution >= 4 is 17.2 Å². The molecule has 1 aromatic carbocycles. The molecule has 0 radical (unpaired) electrons. The smallest absolute Gasteiger partial charge is 0.382 e. The minimum absolute atomic E-state index is 0.0537. The van der Waals surface area contributed by atoms with E-state index in [9.17, 15) is 26.3 Å². The third-order valence-corrected chi connectivity index (χ3v) is 4.89. The van der Waals surface area contributed by atoms with Crippen molar-refractivity contribution in [2.45, 2.75) is 25.7 Å². The van der Waals surface area contributed by atoms with Crippen molar-refractivity contribution in [2.75, 3.05) is 5.73 Å². The van der Waals surface area contributed by atoms with Gasteiger partial charge in [-0.2, -0.15) is 31.0 Å². The Balaban J connectivity index is 2.17. The van der Waals surface area contributed by atoms with Gasteiger partial charge in [0.05, 0.1) is 16.8 Å². The Morgan fingerprint density at radius 1 is 1.04 bits per heavy atom. The fraction of sp³-hybridized carbons (Fsp3) is 0.250. The maximum absolute atomic E-state index is 13.0. The van der Waals surface area contributed by atoms with E-state index in [0.29, 0.717) is 24.2 Å². The maximum Gasteiger partial charge on any atom is 0.416 e. The molecule has 144 valence electrons. The van der Waals surface area contributed by atoms with Crippen LogP contribution in [0.4, 0.5) is 32.2 Å². The zero-order valence-electron chi connectivity index (χ0n) is 13.7. The van der Waals surface area contributed by atoms with Gasteiger partial charge in [-0.05, 0) is 36.1 Å². The number of hydrogen-bond acceptors (Lipinski definition) is 4. The van der Waals surface area contributed by atoms with Gasteiger partial charge in [0.1, 0.15) is 5.69 Å². The highest BCUT2D eigenvalue weighted by atomic mass is 32.1. The molecule has 2 N–H and O–H groups in total. The van der Waals surface area contributed by atoms with Gasteiger partial charge in [-0.1, -0.05) is 12.1 Å². The molecule has 0 bridgehead atoms. The molecule has 0 fully saturated rings. The number of hydrogen-bond donors (Lipinski definition) is 1. The van der Waals surface area contributed by atoms with Crippen LogP contribution in [-0.4, -0.2) is 15.0 Å². The summed E-state index contributed by atoms with van der Waals surface area (Å²) >= 11 is 1.43. The molecule has 2 aromatic heterocycles. The summed E-state index contributed by atoms with van der Waals surface area (Å²) in [4.78, 5) is 0.901. The van der Waals surface area contributed by atoms with Gasteiger partial charge in [-0.15, -0.1) is 16.4 Å². The molecule has 3 rings (SSSR count). The Bertz CT molecular complexity index is 938. The molecular formula is C16H12F6N4S. The standard InChI is InChI=1S/C16H12F6N4S/c1-2-12-11(3-4-27-12)26-14(23)13(24-25-26)8-5-9(15(17,18)19)7-10(6-8)16(20,21)22/h3-7H,2,23H2,1H3. The fourth-order valence-electron chi connectivity index (χ4n) is 2.55. The first-order valence-corrected chi connectivity index (χ1v) is 8.48. The summed E-state index contributed by atoms with van der Waals surface area (Å²) in [5.41, 5.74) is 3.00. The van der Waals surface area contributed by atoms with Crippen molar-refractivity contribution in [1.29, 1.82) is 0 Å². The number of rotatable bonds is 3. The predicted octanol–water partition coefficient (Wildman–Crippen LogP) is 5.18. The van der Waals surface area contributed by atoms with Crippen LogP contribution >= 0.6 is 11.3 Å². The molecule has 0 aliphatic heterocycles. The molecule has 0 saturated carbocycles. The molecule has 0 spiro atoms. The first-order valence-electron chi connectivity index (χ1n) is 7.60. The maximum atomic E-state index is 13.0. The highest BCUT2D eigenvalue weighted by Gasteiger charge is 2.37. The summed E-state index contributed by atoms with van der Waals surface area (Å²) in [6, 6.07) is 2.91.